The van der Waals surface area contributed by atoms with Gasteiger partial charge in [-0.2, -0.15) is 10.2 Å². The Kier molecular flexibility index (Phi) is 3.96. The van der Waals surface area contributed by atoms with Gasteiger partial charge in [0.05, 0.1) is 13.7 Å². The highest BCUT2D eigenvalue weighted by atomic mass is 16.7. The molecule has 1 aliphatic rings. The molecule has 20 heavy (non-hydrogen) atoms. The van der Waals surface area contributed by atoms with Crippen LogP contribution in [0.4, 0.5) is 0 Å². The molecule has 8 heteroatoms. The third-order valence-corrected chi connectivity index (χ3v) is 2.99. The number of H-pyrrole nitrogens is 1. The van der Waals surface area contributed by atoms with Gasteiger partial charge in [-0.1, -0.05) is 0 Å². The van der Waals surface area contributed by atoms with Crippen molar-refractivity contribution in [1.82, 2.24) is 9.97 Å². The average molecular weight is 283 g/mol. The lowest BCUT2D eigenvalue weighted by molar-refractivity contribution is -0.320. The van der Waals surface area contributed by atoms with Crippen molar-refractivity contribution < 1.29 is 24.4 Å². The Morgan fingerprint density at radius 3 is 2.85 bits per heavy atom. The molecule has 2 rings (SSSR count). The van der Waals surface area contributed by atoms with Gasteiger partial charge in [-0.05, 0) is 13.8 Å². The van der Waals surface area contributed by atoms with Crippen molar-refractivity contribution in [3.05, 3.63) is 11.5 Å². The molecule has 110 valence electrons. The average Bonchev–Trinajstić information content (AvgIpc) is 2.84. The number of aromatic nitrogens is 2. The number of hydrogen-bond acceptors (Lipinski definition) is 7. The Labute approximate surface area is 115 Å². The number of aliphatic hydroxyl groups is 2. The Morgan fingerprint density at radius 2 is 2.30 bits per heavy atom. The summed E-state index contributed by atoms with van der Waals surface area (Å²) in [6.07, 6.45) is -3.15. The van der Waals surface area contributed by atoms with E-state index in [1.165, 1.54) is 7.11 Å². The molecule has 0 aliphatic carbocycles. The molecule has 1 aromatic heterocycles. The van der Waals surface area contributed by atoms with Crippen LogP contribution in [0.2, 0.25) is 0 Å². The van der Waals surface area contributed by atoms with Crippen LogP contribution in [0.1, 0.15) is 31.5 Å². The summed E-state index contributed by atoms with van der Waals surface area (Å²) in [6.45, 7) is 3.40. The second kappa shape index (κ2) is 5.38. The number of nitrogens with zero attached hydrogens (tertiary/aromatic N) is 2. The van der Waals surface area contributed by atoms with Crippen molar-refractivity contribution >= 4 is 0 Å². The van der Waals surface area contributed by atoms with Crippen LogP contribution in [0.3, 0.4) is 0 Å². The number of aliphatic hydroxyl groups excluding tert-OH is 2. The van der Waals surface area contributed by atoms with E-state index in [9.17, 15) is 10.2 Å². The second-order valence-electron chi connectivity index (χ2n) is 4.92. The molecule has 0 bridgehead atoms. The van der Waals surface area contributed by atoms with Crippen LogP contribution in [0, 0.1) is 11.3 Å². The summed E-state index contributed by atoms with van der Waals surface area (Å²) < 4.78 is 15.7. The number of imidazole rings is 1. The first-order chi connectivity index (χ1) is 9.38. The molecule has 0 saturated carbocycles. The van der Waals surface area contributed by atoms with Gasteiger partial charge in [0.15, 0.2) is 11.5 Å². The maximum absolute atomic E-state index is 10.3. The van der Waals surface area contributed by atoms with E-state index in [2.05, 4.69) is 9.97 Å². The van der Waals surface area contributed by atoms with E-state index >= 15 is 0 Å². The van der Waals surface area contributed by atoms with Crippen LogP contribution in [0.5, 0.6) is 5.88 Å². The standard InChI is InChI=1S/C12H17N3O5/c1-12(2)19-5-7(16)9(20-12)8(17)10-14-6(4-13)11(15-10)18-3/h7-9,16-17H,5H2,1-3H3,(H,14,15). The molecule has 0 amide bonds. The van der Waals surface area contributed by atoms with Gasteiger partial charge in [0.2, 0.25) is 0 Å². The molecule has 1 saturated heterocycles. The molecule has 3 N–H and O–H groups in total. The Hall–Kier alpha value is -1.66. The first-order valence-corrected chi connectivity index (χ1v) is 6.10. The molecule has 0 aromatic carbocycles. The molecule has 1 aromatic rings. The SMILES string of the molecule is COc1nc(C(O)C2OC(C)(C)OCC2O)[nH]c1C#N. The van der Waals surface area contributed by atoms with Gasteiger partial charge >= 0.3 is 0 Å². The predicted molar refractivity (Wildman–Crippen MR) is 65.7 cm³/mol. The molecule has 0 spiro atoms. The van der Waals surface area contributed by atoms with Crippen molar-refractivity contribution in [1.29, 1.82) is 5.26 Å². The molecule has 3 atom stereocenters. The van der Waals surface area contributed by atoms with Crippen LogP contribution in [-0.2, 0) is 9.47 Å². The molecule has 1 fully saturated rings. The second-order valence-corrected chi connectivity index (χ2v) is 4.92. The Bertz CT molecular complexity index is 522. The topological polar surface area (TPSA) is 121 Å². The van der Waals surface area contributed by atoms with E-state index in [0.29, 0.717) is 0 Å². The third kappa shape index (κ3) is 2.76. The maximum Gasteiger partial charge on any atom is 0.250 e. The highest BCUT2D eigenvalue weighted by Gasteiger charge is 2.41. The number of aromatic amines is 1. The number of nitrogens with one attached hydrogen (secondary N) is 1. The minimum atomic E-state index is -1.23. The molecule has 3 unspecified atom stereocenters. The van der Waals surface area contributed by atoms with Crippen LogP contribution in [-0.4, -0.2) is 51.9 Å². The van der Waals surface area contributed by atoms with Gasteiger partial charge in [-0.3, -0.25) is 0 Å². The fourth-order valence-corrected chi connectivity index (χ4v) is 1.99. The molecular weight excluding hydrogens is 266 g/mol. The van der Waals surface area contributed by atoms with Gasteiger partial charge in [-0.15, -0.1) is 0 Å². The summed E-state index contributed by atoms with van der Waals surface area (Å²) in [5.41, 5.74) is 0.0994. The number of ether oxygens (including phenoxy) is 3. The summed E-state index contributed by atoms with van der Waals surface area (Å²) in [5, 5.41) is 29.1. The van der Waals surface area contributed by atoms with E-state index in [-0.39, 0.29) is 24.0 Å². The zero-order valence-corrected chi connectivity index (χ0v) is 11.5. The lowest BCUT2D eigenvalue weighted by Crippen LogP contribution is -2.51. The van der Waals surface area contributed by atoms with E-state index < -0.39 is 24.1 Å². The zero-order valence-electron chi connectivity index (χ0n) is 11.5. The van der Waals surface area contributed by atoms with E-state index in [1.807, 2.05) is 6.07 Å². The van der Waals surface area contributed by atoms with Crippen LogP contribution in [0.25, 0.3) is 0 Å². The maximum atomic E-state index is 10.3. The Balaban J connectivity index is 2.24. The Morgan fingerprint density at radius 1 is 1.60 bits per heavy atom. The van der Waals surface area contributed by atoms with Crippen molar-refractivity contribution in [3.8, 4) is 11.9 Å². The normalized spacial score (nSPS) is 26.8. The summed E-state index contributed by atoms with van der Waals surface area (Å²) in [6, 6.07) is 1.87. The van der Waals surface area contributed by atoms with E-state index in [0.717, 1.165) is 0 Å². The summed E-state index contributed by atoms with van der Waals surface area (Å²) in [7, 11) is 1.37. The fourth-order valence-electron chi connectivity index (χ4n) is 1.99. The molecular formula is C12H17N3O5. The minimum absolute atomic E-state index is 0.0394. The van der Waals surface area contributed by atoms with Crippen molar-refractivity contribution in [2.24, 2.45) is 0 Å². The minimum Gasteiger partial charge on any atom is -0.479 e. The van der Waals surface area contributed by atoms with Crippen LogP contribution >= 0.6 is 0 Å². The molecule has 8 nitrogen and oxygen atoms in total. The monoisotopic (exact) mass is 283 g/mol. The van der Waals surface area contributed by atoms with Gasteiger partial charge in [0.25, 0.3) is 5.88 Å². The molecule has 1 aliphatic heterocycles. The predicted octanol–water partition coefficient (Wildman–Crippen LogP) is -0.164. The van der Waals surface area contributed by atoms with Crippen LogP contribution < -0.4 is 4.74 Å². The first-order valence-electron chi connectivity index (χ1n) is 6.10. The smallest absolute Gasteiger partial charge is 0.250 e. The number of rotatable bonds is 3. The highest BCUT2D eigenvalue weighted by Crippen LogP contribution is 2.30. The summed E-state index contributed by atoms with van der Waals surface area (Å²) in [4.78, 5) is 6.62. The fraction of sp³-hybridized carbons (Fsp3) is 0.667. The lowest BCUT2D eigenvalue weighted by Gasteiger charge is -2.40. The first kappa shape index (κ1) is 14.7. The van der Waals surface area contributed by atoms with Gasteiger partial charge in [0, 0.05) is 0 Å². The summed E-state index contributed by atoms with van der Waals surface area (Å²) >= 11 is 0. The summed E-state index contributed by atoms with van der Waals surface area (Å²) in [5.74, 6) is -0.734. The van der Waals surface area contributed by atoms with Gasteiger partial charge in [-0.25, -0.2) is 0 Å². The van der Waals surface area contributed by atoms with E-state index in [4.69, 9.17) is 19.5 Å². The lowest BCUT2D eigenvalue weighted by atomic mass is 10.1. The quantitative estimate of drug-likeness (QED) is 0.704. The zero-order chi connectivity index (χ0) is 14.9. The largest absolute Gasteiger partial charge is 0.479 e. The highest BCUT2D eigenvalue weighted by molar-refractivity contribution is 5.33. The van der Waals surface area contributed by atoms with Crippen molar-refractivity contribution in [2.45, 2.75) is 37.9 Å². The molecule has 0 radical (unpaired) electrons. The number of nitriles is 1. The van der Waals surface area contributed by atoms with E-state index in [1.54, 1.807) is 13.8 Å². The molecule has 2 heterocycles. The van der Waals surface area contributed by atoms with Crippen molar-refractivity contribution in [3.63, 3.8) is 0 Å². The van der Waals surface area contributed by atoms with Gasteiger partial charge in [0.1, 0.15) is 30.2 Å². The third-order valence-electron chi connectivity index (χ3n) is 2.99. The number of hydrogen-bond donors (Lipinski definition) is 3. The van der Waals surface area contributed by atoms with Crippen molar-refractivity contribution in [2.75, 3.05) is 13.7 Å². The number of methoxy groups -OCH3 is 1. The van der Waals surface area contributed by atoms with Gasteiger partial charge < -0.3 is 29.4 Å². The van der Waals surface area contributed by atoms with Crippen LogP contribution in [0.15, 0.2) is 0 Å².